The van der Waals surface area contributed by atoms with Crippen molar-refractivity contribution in [2.75, 3.05) is 14.1 Å². The maximum absolute atomic E-state index is 12.1. The summed E-state index contributed by atoms with van der Waals surface area (Å²) < 4.78 is 7.88. The Morgan fingerprint density at radius 1 is 1.29 bits per heavy atom. The first-order valence-corrected chi connectivity index (χ1v) is 10.9. The Bertz CT molecular complexity index is 1250. The maximum atomic E-state index is 12.1. The summed E-state index contributed by atoms with van der Waals surface area (Å²) in [6.45, 7) is 2.58. The van der Waals surface area contributed by atoms with Gasteiger partial charge in [0.2, 0.25) is 0 Å². The van der Waals surface area contributed by atoms with Crippen LogP contribution in [0.2, 0.25) is 5.02 Å². The Labute approximate surface area is 189 Å². The molecule has 0 aliphatic carbocycles. The Hall–Kier alpha value is -2.94. The molecule has 1 aromatic carbocycles. The van der Waals surface area contributed by atoms with Crippen LogP contribution in [-0.2, 0) is 6.54 Å². The van der Waals surface area contributed by atoms with Gasteiger partial charge in [-0.15, -0.1) is 11.3 Å². The third-order valence-corrected chi connectivity index (χ3v) is 6.21. The van der Waals surface area contributed by atoms with E-state index >= 15 is 0 Å². The fraction of sp³-hybridized carbons (Fsp3) is 0.227. The molecule has 0 saturated heterocycles. The molecule has 3 aromatic heterocycles. The zero-order valence-corrected chi connectivity index (χ0v) is 18.9. The van der Waals surface area contributed by atoms with Crippen LogP contribution in [0.25, 0.3) is 16.2 Å². The minimum absolute atomic E-state index is 0.341. The molecular formula is C22H22ClN5O2S. The zero-order valence-electron chi connectivity index (χ0n) is 17.4. The minimum atomic E-state index is -0.548. The molecule has 0 bridgehead atoms. The van der Waals surface area contributed by atoms with Crippen molar-refractivity contribution in [1.82, 2.24) is 19.5 Å². The molecule has 160 valence electrons. The SMILES string of the molecule is C[C@@H](Oc1cc(-c2cnc3ccc(CN(C)C)nn23)sc1C(N)=O)c1ccccc1Cl. The normalized spacial score (nSPS) is 12.4. The lowest BCUT2D eigenvalue weighted by Crippen LogP contribution is -2.13. The summed E-state index contributed by atoms with van der Waals surface area (Å²) in [6.07, 6.45) is 1.38. The number of nitrogens with zero attached hydrogens (tertiary/aromatic N) is 4. The van der Waals surface area contributed by atoms with Gasteiger partial charge in [0.1, 0.15) is 22.4 Å². The molecule has 1 amide bonds. The molecule has 4 aromatic rings. The van der Waals surface area contributed by atoms with Crippen LogP contribution in [0.1, 0.15) is 34.0 Å². The lowest BCUT2D eigenvalue weighted by Gasteiger charge is -2.16. The van der Waals surface area contributed by atoms with Crippen molar-refractivity contribution in [1.29, 1.82) is 0 Å². The number of amides is 1. The number of thiophene rings is 1. The van der Waals surface area contributed by atoms with Crippen LogP contribution < -0.4 is 10.5 Å². The van der Waals surface area contributed by atoms with Crippen molar-refractivity contribution >= 4 is 34.5 Å². The number of carbonyl (C=O) groups excluding carboxylic acids is 1. The Morgan fingerprint density at radius 2 is 2.06 bits per heavy atom. The van der Waals surface area contributed by atoms with Crippen LogP contribution in [-0.4, -0.2) is 39.5 Å². The topological polar surface area (TPSA) is 85.8 Å². The second kappa shape index (κ2) is 8.66. The van der Waals surface area contributed by atoms with E-state index in [1.165, 1.54) is 11.3 Å². The molecule has 0 saturated carbocycles. The van der Waals surface area contributed by atoms with Crippen LogP contribution in [0, 0.1) is 0 Å². The monoisotopic (exact) mass is 455 g/mol. The predicted molar refractivity (Wildman–Crippen MR) is 123 cm³/mol. The number of hydrogen-bond acceptors (Lipinski definition) is 6. The van der Waals surface area contributed by atoms with Gasteiger partial charge in [-0.3, -0.25) is 4.79 Å². The summed E-state index contributed by atoms with van der Waals surface area (Å²) in [5.74, 6) is -0.132. The lowest BCUT2D eigenvalue weighted by atomic mass is 10.1. The number of benzene rings is 1. The lowest BCUT2D eigenvalue weighted by molar-refractivity contribution is 0.0998. The molecule has 31 heavy (non-hydrogen) atoms. The third kappa shape index (κ3) is 4.41. The quantitative estimate of drug-likeness (QED) is 0.446. The Balaban J connectivity index is 1.72. The summed E-state index contributed by atoms with van der Waals surface area (Å²) in [5.41, 5.74) is 8.87. The molecular weight excluding hydrogens is 434 g/mol. The number of carbonyl (C=O) groups is 1. The molecule has 0 spiro atoms. The molecule has 4 rings (SSSR count). The van der Waals surface area contributed by atoms with E-state index in [4.69, 9.17) is 27.2 Å². The van der Waals surface area contributed by atoms with E-state index in [1.807, 2.05) is 62.3 Å². The molecule has 1 atom stereocenters. The number of ether oxygens (including phenoxy) is 1. The van der Waals surface area contributed by atoms with Gasteiger partial charge in [0.05, 0.1) is 16.8 Å². The summed E-state index contributed by atoms with van der Waals surface area (Å²) in [5, 5.41) is 5.30. The summed E-state index contributed by atoms with van der Waals surface area (Å²) >= 11 is 7.56. The van der Waals surface area contributed by atoms with Gasteiger partial charge in [0.25, 0.3) is 5.91 Å². The van der Waals surface area contributed by atoms with Gasteiger partial charge in [0.15, 0.2) is 5.65 Å². The van der Waals surface area contributed by atoms with Gasteiger partial charge in [0, 0.05) is 23.2 Å². The molecule has 0 aliphatic rings. The maximum Gasteiger partial charge on any atom is 0.262 e. The minimum Gasteiger partial charge on any atom is -0.484 e. The summed E-state index contributed by atoms with van der Waals surface area (Å²) in [6, 6.07) is 13.1. The molecule has 7 nitrogen and oxygen atoms in total. The van der Waals surface area contributed by atoms with Gasteiger partial charge in [-0.05, 0) is 39.2 Å². The summed E-state index contributed by atoms with van der Waals surface area (Å²) in [7, 11) is 3.98. The molecule has 2 N–H and O–H groups in total. The average Bonchev–Trinajstić information content (AvgIpc) is 3.31. The highest BCUT2D eigenvalue weighted by Gasteiger charge is 2.21. The molecule has 0 fully saturated rings. The molecule has 0 aliphatic heterocycles. The zero-order chi connectivity index (χ0) is 22.1. The first-order valence-electron chi connectivity index (χ1n) is 9.67. The van der Waals surface area contributed by atoms with Crippen LogP contribution in [0.15, 0.2) is 48.7 Å². The van der Waals surface area contributed by atoms with E-state index in [9.17, 15) is 4.79 Å². The average molecular weight is 456 g/mol. The first kappa shape index (κ1) is 21.3. The van der Waals surface area contributed by atoms with Gasteiger partial charge in [-0.25, -0.2) is 9.50 Å². The predicted octanol–water partition coefficient (Wildman–Crippen LogP) is 4.41. The van der Waals surface area contributed by atoms with Crippen molar-refractivity contribution in [3.8, 4) is 16.3 Å². The molecule has 9 heteroatoms. The number of primary amides is 1. The smallest absolute Gasteiger partial charge is 0.262 e. The second-order valence-corrected chi connectivity index (χ2v) is 8.89. The van der Waals surface area contributed by atoms with Gasteiger partial charge in [-0.1, -0.05) is 29.8 Å². The van der Waals surface area contributed by atoms with Crippen molar-refractivity contribution in [3.05, 3.63) is 69.8 Å². The van der Waals surface area contributed by atoms with Gasteiger partial charge in [-0.2, -0.15) is 5.10 Å². The van der Waals surface area contributed by atoms with E-state index < -0.39 is 5.91 Å². The number of hydrogen-bond donors (Lipinski definition) is 1. The fourth-order valence-electron chi connectivity index (χ4n) is 3.31. The number of fused-ring (bicyclic) bond motifs is 1. The van der Waals surface area contributed by atoms with Gasteiger partial charge < -0.3 is 15.4 Å². The van der Waals surface area contributed by atoms with E-state index in [2.05, 4.69) is 4.98 Å². The summed E-state index contributed by atoms with van der Waals surface area (Å²) in [4.78, 5) is 19.7. The van der Waals surface area contributed by atoms with Crippen molar-refractivity contribution in [3.63, 3.8) is 0 Å². The van der Waals surface area contributed by atoms with Crippen LogP contribution in [0.5, 0.6) is 5.75 Å². The largest absolute Gasteiger partial charge is 0.484 e. The molecule has 0 radical (unpaired) electrons. The highest BCUT2D eigenvalue weighted by molar-refractivity contribution is 7.17. The number of halogens is 1. The van der Waals surface area contributed by atoms with E-state index in [0.29, 0.717) is 22.2 Å². The highest BCUT2D eigenvalue weighted by Crippen LogP contribution is 2.38. The van der Waals surface area contributed by atoms with Gasteiger partial charge >= 0.3 is 0 Å². The molecule has 0 unspecified atom stereocenters. The second-order valence-electron chi connectivity index (χ2n) is 7.43. The Kier molecular flexibility index (Phi) is 5.95. The fourth-order valence-corrected chi connectivity index (χ4v) is 4.53. The number of nitrogens with two attached hydrogens (primary N) is 1. The number of aromatic nitrogens is 3. The number of rotatable bonds is 7. The third-order valence-electron chi connectivity index (χ3n) is 4.72. The van der Waals surface area contributed by atoms with Crippen LogP contribution in [0.4, 0.5) is 0 Å². The van der Waals surface area contributed by atoms with Crippen molar-refractivity contribution < 1.29 is 9.53 Å². The van der Waals surface area contributed by atoms with Crippen molar-refractivity contribution in [2.24, 2.45) is 5.73 Å². The van der Waals surface area contributed by atoms with E-state index in [-0.39, 0.29) is 6.10 Å². The number of imidazole rings is 1. The van der Waals surface area contributed by atoms with Crippen molar-refractivity contribution in [2.45, 2.75) is 19.6 Å². The molecule has 3 heterocycles. The van der Waals surface area contributed by atoms with E-state index in [1.54, 1.807) is 16.8 Å². The van der Waals surface area contributed by atoms with E-state index in [0.717, 1.165) is 27.5 Å². The first-order chi connectivity index (χ1) is 14.8. The standard InChI is InChI=1S/C22H22ClN5O2S/c1-13(15-6-4-5-7-16(15)23)30-18-10-19(31-21(18)22(24)29)17-11-25-20-9-8-14(12-27(2)3)26-28(17)20/h4-11,13H,12H2,1-3H3,(H2,24,29)/t13-/m1/s1. The van der Waals surface area contributed by atoms with Crippen LogP contribution >= 0.6 is 22.9 Å². The van der Waals surface area contributed by atoms with Crippen LogP contribution in [0.3, 0.4) is 0 Å². The highest BCUT2D eigenvalue weighted by atomic mass is 35.5. The Morgan fingerprint density at radius 3 is 2.77 bits per heavy atom.